The molecule has 1 aliphatic rings. The number of aromatic amines is 1. The summed E-state index contributed by atoms with van der Waals surface area (Å²) in [5.74, 6) is -1.55. The number of benzene rings is 2. The molecule has 4 aromatic rings. The van der Waals surface area contributed by atoms with Crippen molar-refractivity contribution in [2.75, 3.05) is 4.90 Å². The first-order chi connectivity index (χ1) is 14.5. The predicted octanol–water partition coefficient (Wildman–Crippen LogP) is 4.25. The number of rotatable bonds is 4. The summed E-state index contributed by atoms with van der Waals surface area (Å²) in [6.45, 7) is 1.92. The van der Waals surface area contributed by atoms with Gasteiger partial charge in [0.15, 0.2) is 11.5 Å². The van der Waals surface area contributed by atoms with Crippen molar-refractivity contribution in [1.29, 1.82) is 0 Å². The number of anilines is 1. The molecule has 2 N–H and O–H groups in total. The van der Waals surface area contributed by atoms with Crippen LogP contribution < -0.4 is 4.90 Å². The number of hydrogen-bond acceptors (Lipinski definition) is 5. The normalized spacial score (nSPS) is 16.6. The van der Waals surface area contributed by atoms with Crippen LogP contribution in [0.25, 0.3) is 11.0 Å². The molecule has 0 saturated heterocycles. The number of aryl methyl sites for hydroxylation is 1. The highest BCUT2D eigenvalue weighted by Crippen LogP contribution is 2.41. The molecule has 1 atom stereocenters. The van der Waals surface area contributed by atoms with Crippen LogP contribution in [0.5, 0.6) is 0 Å². The number of Topliss-reactive ketones (excluding diaryl/α,β-unsaturated/α-hetero) is 1. The van der Waals surface area contributed by atoms with E-state index in [1.807, 2.05) is 55.5 Å². The topological polar surface area (TPSA) is 99.4 Å². The van der Waals surface area contributed by atoms with E-state index in [4.69, 9.17) is 4.42 Å². The lowest BCUT2D eigenvalue weighted by Crippen LogP contribution is -2.32. The van der Waals surface area contributed by atoms with Gasteiger partial charge in [-0.1, -0.05) is 42.0 Å². The van der Waals surface area contributed by atoms with Crippen LogP contribution in [0, 0.1) is 6.92 Å². The average molecular weight is 399 g/mol. The van der Waals surface area contributed by atoms with Gasteiger partial charge < -0.3 is 14.5 Å². The van der Waals surface area contributed by atoms with Crippen molar-refractivity contribution in [2.45, 2.75) is 13.0 Å². The maximum absolute atomic E-state index is 13.2. The minimum atomic E-state index is -0.851. The Morgan fingerprint density at radius 2 is 1.97 bits per heavy atom. The summed E-state index contributed by atoms with van der Waals surface area (Å²) in [7, 11) is 0. The Labute approximate surface area is 171 Å². The third kappa shape index (κ3) is 2.71. The van der Waals surface area contributed by atoms with Crippen LogP contribution in [0.2, 0.25) is 0 Å². The molecule has 5 rings (SSSR count). The lowest BCUT2D eigenvalue weighted by atomic mass is 9.94. The minimum absolute atomic E-state index is 0.0407. The van der Waals surface area contributed by atoms with Gasteiger partial charge in [-0.15, -0.1) is 0 Å². The Balaban J connectivity index is 1.70. The molecule has 0 radical (unpaired) electrons. The lowest BCUT2D eigenvalue weighted by molar-refractivity contribution is -0.117. The Bertz CT molecular complexity index is 1280. The van der Waals surface area contributed by atoms with Crippen molar-refractivity contribution in [1.82, 2.24) is 9.97 Å². The molecule has 0 saturated carbocycles. The Morgan fingerprint density at radius 1 is 1.13 bits per heavy atom. The number of imidazole rings is 1. The molecule has 1 aliphatic heterocycles. The fourth-order valence-electron chi connectivity index (χ4n) is 3.81. The largest absolute Gasteiger partial charge is 0.503 e. The number of furan rings is 1. The van der Waals surface area contributed by atoms with Crippen molar-refractivity contribution >= 4 is 28.7 Å². The molecule has 3 heterocycles. The first-order valence-electron chi connectivity index (χ1n) is 9.41. The number of nitrogens with one attached hydrogen (secondary N) is 1. The van der Waals surface area contributed by atoms with E-state index < -0.39 is 23.5 Å². The fraction of sp³-hybridized carbons (Fsp3) is 0.0870. The summed E-state index contributed by atoms with van der Waals surface area (Å²) in [4.78, 5) is 35.2. The molecule has 7 heteroatoms. The predicted molar refractivity (Wildman–Crippen MR) is 110 cm³/mol. The van der Waals surface area contributed by atoms with E-state index in [0.717, 1.165) is 11.1 Å². The van der Waals surface area contributed by atoms with Gasteiger partial charge in [0.25, 0.3) is 5.91 Å². The van der Waals surface area contributed by atoms with Gasteiger partial charge in [0.05, 0.1) is 28.9 Å². The molecule has 0 spiro atoms. The summed E-state index contributed by atoms with van der Waals surface area (Å²) < 4.78 is 5.24. The van der Waals surface area contributed by atoms with Gasteiger partial charge >= 0.3 is 0 Å². The van der Waals surface area contributed by atoms with Gasteiger partial charge in [0.2, 0.25) is 11.7 Å². The maximum Gasteiger partial charge on any atom is 0.296 e. The third-order valence-electron chi connectivity index (χ3n) is 5.16. The number of fused-ring (bicyclic) bond motifs is 1. The number of amides is 1. The quantitative estimate of drug-likeness (QED) is 0.500. The highest BCUT2D eigenvalue weighted by Gasteiger charge is 2.46. The monoisotopic (exact) mass is 399 g/mol. The number of aliphatic hydroxyl groups is 1. The Morgan fingerprint density at radius 3 is 2.70 bits per heavy atom. The zero-order valence-corrected chi connectivity index (χ0v) is 16.0. The minimum Gasteiger partial charge on any atom is -0.503 e. The number of ketones is 1. The molecule has 30 heavy (non-hydrogen) atoms. The second-order valence-corrected chi connectivity index (χ2v) is 7.14. The van der Waals surface area contributed by atoms with E-state index in [-0.39, 0.29) is 17.3 Å². The second kappa shape index (κ2) is 6.73. The summed E-state index contributed by atoms with van der Waals surface area (Å²) in [6, 6.07) is 17.1. The molecule has 1 amide bonds. The SMILES string of the molecule is Cc1cccc(C2C(C(=O)c3ccco3)=C(O)C(=O)N2c2nc3ccccc3[nH]2)c1. The van der Waals surface area contributed by atoms with E-state index in [2.05, 4.69) is 9.97 Å². The Kier molecular flexibility index (Phi) is 4.03. The maximum atomic E-state index is 13.2. The first kappa shape index (κ1) is 17.9. The van der Waals surface area contributed by atoms with Crippen LogP contribution >= 0.6 is 0 Å². The van der Waals surface area contributed by atoms with Crippen molar-refractivity contribution in [2.24, 2.45) is 0 Å². The molecule has 0 aliphatic carbocycles. The highest BCUT2D eigenvalue weighted by atomic mass is 16.3. The van der Waals surface area contributed by atoms with Crippen LogP contribution in [-0.2, 0) is 4.79 Å². The first-order valence-corrected chi connectivity index (χ1v) is 9.41. The molecule has 0 fully saturated rings. The number of hydrogen-bond donors (Lipinski definition) is 2. The van der Waals surface area contributed by atoms with Gasteiger partial charge in [0, 0.05) is 0 Å². The van der Waals surface area contributed by atoms with E-state index >= 15 is 0 Å². The Hall–Kier alpha value is -4.13. The molecule has 7 nitrogen and oxygen atoms in total. The standard InChI is InChI=1S/C23H17N3O4/c1-13-6-4-7-14(12-13)19-18(20(27)17-10-5-11-30-17)21(28)22(29)26(19)23-24-15-8-2-3-9-16(15)25-23/h2-12,19,28H,1H3,(H,24,25). The molecule has 2 aromatic heterocycles. The van der Waals surface area contributed by atoms with E-state index in [1.54, 1.807) is 6.07 Å². The number of para-hydroxylation sites is 2. The lowest BCUT2D eigenvalue weighted by Gasteiger charge is -2.24. The number of aromatic nitrogens is 2. The average Bonchev–Trinajstić information content (AvgIpc) is 3.46. The molecule has 1 unspecified atom stereocenters. The summed E-state index contributed by atoms with van der Waals surface area (Å²) in [5, 5.41) is 10.7. The number of carbonyl (C=O) groups excluding carboxylic acids is 2. The van der Waals surface area contributed by atoms with Crippen LogP contribution in [0.15, 0.2) is 82.7 Å². The van der Waals surface area contributed by atoms with Crippen LogP contribution in [0.3, 0.4) is 0 Å². The van der Waals surface area contributed by atoms with Crippen LogP contribution in [0.1, 0.15) is 27.7 Å². The van der Waals surface area contributed by atoms with E-state index in [1.165, 1.54) is 17.2 Å². The smallest absolute Gasteiger partial charge is 0.296 e. The van der Waals surface area contributed by atoms with Crippen molar-refractivity contribution in [3.63, 3.8) is 0 Å². The zero-order chi connectivity index (χ0) is 20.8. The van der Waals surface area contributed by atoms with E-state index in [9.17, 15) is 14.7 Å². The third-order valence-corrected chi connectivity index (χ3v) is 5.16. The summed E-state index contributed by atoms with van der Waals surface area (Å²) in [5.41, 5.74) is 3.02. The van der Waals surface area contributed by atoms with Gasteiger partial charge in [-0.2, -0.15) is 0 Å². The van der Waals surface area contributed by atoms with Crippen LogP contribution in [0.4, 0.5) is 5.95 Å². The van der Waals surface area contributed by atoms with Crippen molar-refractivity contribution in [3.05, 3.63) is 95.1 Å². The highest BCUT2D eigenvalue weighted by molar-refractivity contribution is 6.19. The number of carbonyl (C=O) groups is 2. The molecular formula is C23H17N3O4. The van der Waals surface area contributed by atoms with Crippen molar-refractivity contribution < 1.29 is 19.1 Å². The summed E-state index contributed by atoms with van der Waals surface area (Å²) >= 11 is 0. The van der Waals surface area contributed by atoms with Gasteiger partial charge in [-0.05, 0) is 36.8 Å². The van der Waals surface area contributed by atoms with Gasteiger partial charge in [0.1, 0.15) is 0 Å². The fourth-order valence-corrected chi connectivity index (χ4v) is 3.81. The molecule has 2 aromatic carbocycles. The number of aliphatic hydroxyl groups excluding tert-OH is 1. The molecule has 148 valence electrons. The van der Waals surface area contributed by atoms with Crippen molar-refractivity contribution in [3.8, 4) is 0 Å². The van der Waals surface area contributed by atoms with Crippen LogP contribution in [-0.4, -0.2) is 26.8 Å². The number of H-pyrrole nitrogens is 1. The second-order valence-electron chi connectivity index (χ2n) is 7.14. The van der Waals surface area contributed by atoms with Gasteiger partial charge in [-0.25, -0.2) is 4.98 Å². The molecular weight excluding hydrogens is 382 g/mol. The summed E-state index contributed by atoms with van der Waals surface area (Å²) in [6.07, 6.45) is 1.38. The molecule has 0 bridgehead atoms. The number of nitrogens with zero attached hydrogens (tertiary/aromatic N) is 2. The zero-order valence-electron chi connectivity index (χ0n) is 16.0. The van der Waals surface area contributed by atoms with Gasteiger partial charge in [-0.3, -0.25) is 14.5 Å². The van der Waals surface area contributed by atoms with E-state index in [0.29, 0.717) is 11.1 Å².